The number of carboxylic acids is 1. The minimum Gasteiger partial charge on any atom is -0.480 e. The highest BCUT2D eigenvalue weighted by Crippen LogP contribution is 2.12. The molecule has 1 saturated heterocycles. The van der Waals surface area contributed by atoms with Crippen LogP contribution in [0, 0.1) is 0 Å². The van der Waals surface area contributed by atoms with Crippen LogP contribution in [0.1, 0.15) is 5.56 Å². The maximum atomic E-state index is 12.2. The fraction of sp³-hybridized carbons (Fsp3) is 0.385. The maximum Gasteiger partial charge on any atom is 0.327 e. The van der Waals surface area contributed by atoms with Crippen LogP contribution in [-0.4, -0.2) is 47.6 Å². The second-order valence-corrected chi connectivity index (χ2v) is 4.88. The van der Waals surface area contributed by atoms with Crippen LogP contribution in [0.5, 0.6) is 0 Å². The molecule has 0 spiro atoms. The van der Waals surface area contributed by atoms with Crippen LogP contribution >= 0.6 is 11.6 Å². The van der Waals surface area contributed by atoms with Crippen molar-refractivity contribution in [3.8, 4) is 0 Å². The maximum absolute atomic E-state index is 12.2. The van der Waals surface area contributed by atoms with Crippen LogP contribution in [-0.2, 0) is 16.0 Å². The summed E-state index contributed by atoms with van der Waals surface area (Å²) in [6.07, 6.45) is 0.195. The highest BCUT2D eigenvalue weighted by atomic mass is 35.5. The van der Waals surface area contributed by atoms with Crippen molar-refractivity contribution in [2.45, 2.75) is 12.5 Å². The van der Waals surface area contributed by atoms with Gasteiger partial charge in [-0.1, -0.05) is 23.7 Å². The summed E-state index contributed by atoms with van der Waals surface area (Å²) in [5.41, 5.74) is 0.831. The Balaban J connectivity index is 2.05. The van der Waals surface area contributed by atoms with E-state index in [1.807, 2.05) is 0 Å². The van der Waals surface area contributed by atoms with Crippen molar-refractivity contribution in [1.82, 2.24) is 10.2 Å². The monoisotopic (exact) mass is 282 g/mol. The number of carbonyl (C=O) groups is 2. The van der Waals surface area contributed by atoms with Crippen LogP contribution in [0.2, 0.25) is 5.02 Å². The highest BCUT2D eigenvalue weighted by molar-refractivity contribution is 6.30. The normalized spacial score (nSPS) is 19.2. The lowest BCUT2D eigenvalue weighted by Gasteiger charge is -2.33. The number of benzene rings is 1. The first kappa shape index (κ1) is 13.8. The van der Waals surface area contributed by atoms with E-state index in [1.165, 1.54) is 4.90 Å². The van der Waals surface area contributed by atoms with Gasteiger partial charge in [-0.2, -0.15) is 0 Å². The number of piperazine rings is 1. The Morgan fingerprint density at radius 2 is 2.05 bits per heavy atom. The minimum atomic E-state index is -0.975. The first-order chi connectivity index (χ1) is 9.08. The summed E-state index contributed by atoms with van der Waals surface area (Å²) >= 11 is 5.78. The first-order valence-corrected chi connectivity index (χ1v) is 6.43. The quantitative estimate of drug-likeness (QED) is 0.859. The third-order valence-corrected chi connectivity index (χ3v) is 3.37. The number of hydrogen-bond acceptors (Lipinski definition) is 3. The molecule has 0 aromatic heterocycles. The summed E-state index contributed by atoms with van der Waals surface area (Å²) in [6, 6.07) is 6.21. The Hall–Kier alpha value is -1.59. The fourth-order valence-electron chi connectivity index (χ4n) is 2.10. The molecule has 1 aliphatic rings. The van der Waals surface area contributed by atoms with Crippen LogP contribution in [0.4, 0.5) is 0 Å². The number of nitrogens with zero attached hydrogens (tertiary/aromatic N) is 1. The van der Waals surface area contributed by atoms with Gasteiger partial charge >= 0.3 is 5.97 Å². The number of amides is 1. The molecule has 1 aromatic carbocycles. The molecule has 5 nitrogen and oxygen atoms in total. The molecule has 2 N–H and O–H groups in total. The Labute approximate surface area is 116 Å². The number of halogens is 1. The van der Waals surface area contributed by atoms with E-state index < -0.39 is 12.0 Å². The molecule has 0 bridgehead atoms. The molecule has 102 valence electrons. The van der Waals surface area contributed by atoms with E-state index in [2.05, 4.69) is 5.32 Å². The molecule has 1 aliphatic heterocycles. The summed E-state index contributed by atoms with van der Waals surface area (Å²) in [6.45, 7) is 1.33. The van der Waals surface area contributed by atoms with Crippen molar-refractivity contribution in [1.29, 1.82) is 0 Å². The molecular weight excluding hydrogens is 268 g/mol. The largest absolute Gasteiger partial charge is 0.480 e. The van der Waals surface area contributed by atoms with E-state index in [0.29, 0.717) is 24.7 Å². The lowest BCUT2D eigenvalue weighted by molar-refractivity contribution is -0.150. The molecule has 1 aromatic rings. The SMILES string of the molecule is O=C(O)C1CNCCN1C(=O)Cc1ccc(Cl)cc1. The second kappa shape index (κ2) is 6.04. The van der Waals surface area contributed by atoms with Crippen molar-refractivity contribution < 1.29 is 14.7 Å². The average molecular weight is 283 g/mol. The van der Waals surface area contributed by atoms with E-state index in [0.717, 1.165) is 5.56 Å². The molecule has 0 saturated carbocycles. The number of carbonyl (C=O) groups excluding carboxylic acids is 1. The van der Waals surface area contributed by atoms with Gasteiger partial charge in [0.2, 0.25) is 5.91 Å². The van der Waals surface area contributed by atoms with Crippen LogP contribution in [0.25, 0.3) is 0 Å². The fourth-order valence-corrected chi connectivity index (χ4v) is 2.23. The molecule has 1 atom stereocenters. The molecule has 19 heavy (non-hydrogen) atoms. The number of carboxylic acid groups (broad SMARTS) is 1. The van der Waals surface area contributed by atoms with Crippen molar-refractivity contribution in [3.05, 3.63) is 34.9 Å². The number of aliphatic carboxylic acids is 1. The molecular formula is C13H15ClN2O3. The zero-order valence-electron chi connectivity index (χ0n) is 10.3. The standard InChI is InChI=1S/C13H15ClN2O3/c14-10-3-1-9(2-4-10)7-12(17)16-6-5-15-8-11(16)13(18)19/h1-4,11,15H,5-8H2,(H,18,19). The van der Waals surface area contributed by atoms with Gasteiger partial charge in [0, 0.05) is 24.7 Å². The third-order valence-electron chi connectivity index (χ3n) is 3.12. The van der Waals surface area contributed by atoms with Gasteiger partial charge in [0.1, 0.15) is 6.04 Å². The van der Waals surface area contributed by atoms with Gasteiger partial charge in [-0.15, -0.1) is 0 Å². The van der Waals surface area contributed by atoms with Crippen molar-refractivity contribution in [3.63, 3.8) is 0 Å². The van der Waals surface area contributed by atoms with Crippen LogP contribution < -0.4 is 5.32 Å². The molecule has 6 heteroatoms. The molecule has 1 unspecified atom stereocenters. The molecule has 0 radical (unpaired) electrons. The van der Waals surface area contributed by atoms with Gasteiger partial charge in [0.25, 0.3) is 0 Å². The summed E-state index contributed by atoms with van der Waals surface area (Å²) in [4.78, 5) is 24.7. The predicted octanol–water partition coefficient (Wildman–Crippen LogP) is 0.768. The Morgan fingerprint density at radius 3 is 2.68 bits per heavy atom. The zero-order chi connectivity index (χ0) is 13.8. The lowest BCUT2D eigenvalue weighted by atomic mass is 10.1. The Kier molecular flexibility index (Phi) is 4.39. The number of nitrogens with one attached hydrogen (secondary N) is 1. The number of rotatable bonds is 3. The highest BCUT2D eigenvalue weighted by Gasteiger charge is 2.31. The van der Waals surface area contributed by atoms with Crippen LogP contribution in [0.15, 0.2) is 24.3 Å². The topological polar surface area (TPSA) is 69.6 Å². The van der Waals surface area contributed by atoms with Crippen molar-refractivity contribution in [2.75, 3.05) is 19.6 Å². The summed E-state index contributed by atoms with van der Waals surface area (Å²) in [5.74, 6) is -1.15. The van der Waals surface area contributed by atoms with E-state index in [1.54, 1.807) is 24.3 Å². The van der Waals surface area contributed by atoms with Gasteiger partial charge in [-0.25, -0.2) is 4.79 Å². The average Bonchev–Trinajstić information content (AvgIpc) is 2.41. The van der Waals surface area contributed by atoms with E-state index in [-0.39, 0.29) is 12.3 Å². The molecule has 0 aliphatic carbocycles. The minimum absolute atomic E-state index is 0.170. The molecule has 1 fully saturated rings. The van der Waals surface area contributed by atoms with Crippen molar-refractivity contribution >= 4 is 23.5 Å². The Bertz CT molecular complexity index is 475. The zero-order valence-corrected chi connectivity index (χ0v) is 11.1. The number of hydrogen-bond donors (Lipinski definition) is 2. The lowest BCUT2D eigenvalue weighted by Crippen LogP contribution is -2.57. The van der Waals surface area contributed by atoms with Gasteiger partial charge in [-0.3, -0.25) is 4.79 Å². The van der Waals surface area contributed by atoms with E-state index >= 15 is 0 Å². The van der Waals surface area contributed by atoms with Gasteiger partial charge in [-0.05, 0) is 17.7 Å². The van der Waals surface area contributed by atoms with Crippen LogP contribution in [0.3, 0.4) is 0 Å². The molecule has 2 rings (SSSR count). The summed E-state index contributed by atoms with van der Waals surface area (Å²) in [7, 11) is 0. The Morgan fingerprint density at radius 1 is 1.37 bits per heavy atom. The third kappa shape index (κ3) is 3.45. The predicted molar refractivity (Wildman–Crippen MR) is 71.2 cm³/mol. The van der Waals surface area contributed by atoms with Crippen molar-refractivity contribution in [2.24, 2.45) is 0 Å². The van der Waals surface area contributed by atoms with E-state index in [9.17, 15) is 9.59 Å². The second-order valence-electron chi connectivity index (χ2n) is 4.45. The smallest absolute Gasteiger partial charge is 0.327 e. The van der Waals surface area contributed by atoms with Gasteiger partial charge in [0.05, 0.1) is 6.42 Å². The van der Waals surface area contributed by atoms with E-state index in [4.69, 9.17) is 16.7 Å². The molecule has 1 amide bonds. The molecule has 1 heterocycles. The van der Waals surface area contributed by atoms with Gasteiger partial charge < -0.3 is 15.3 Å². The summed E-state index contributed by atoms with van der Waals surface area (Å²) in [5, 5.41) is 12.7. The first-order valence-electron chi connectivity index (χ1n) is 6.05. The van der Waals surface area contributed by atoms with Gasteiger partial charge in [0.15, 0.2) is 0 Å². The summed E-state index contributed by atoms with van der Waals surface area (Å²) < 4.78 is 0.